The Morgan fingerprint density at radius 1 is 1.06 bits per heavy atom. The van der Waals surface area contributed by atoms with Crippen molar-refractivity contribution in [3.63, 3.8) is 0 Å². The van der Waals surface area contributed by atoms with Crippen molar-refractivity contribution in [2.24, 2.45) is 0 Å². The highest BCUT2D eigenvalue weighted by Crippen LogP contribution is 2.42. The molecule has 0 atom stereocenters. The molecule has 3 aromatic rings. The first-order valence-corrected chi connectivity index (χ1v) is 12.3. The Morgan fingerprint density at radius 3 is 2.60 bits per heavy atom. The molecular weight excluding hydrogens is 460 g/mol. The Hall–Kier alpha value is -3.71. The Bertz CT molecular complexity index is 1260. The average molecular weight is 489 g/mol. The van der Waals surface area contributed by atoms with Crippen LogP contribution in [0.2, 0.25) is 0 Å². The van der Waals surface area contributed by atoms with Crippen LogP contribution in [-0.2, 0) is 11.2 Å². The number of nitrogens with one attached hydrogen (secondary N) is 1. The van der Waals surface area contributed by atoms with Crippen molar-refractivity contribution in [2.75, 3.05) is 32.2 Å². The van der Waals surface area contributed by atoms with Crippen LogP contribution in [0.1, 0.15) is 28.4 Å². The minimum atomic E-state index is -0.155. The van der Waals surface area contributed by atoms with Crippen LogP contribution in [0, 0.1) is 0 Å². The summed E-state index contributed by atoms with van der Waals surface area (Å²) >= 11 is 1.39. The molecule has 4 rings (SSSR count). The molecule has 1 aliphatic heterocycles. The molecule has 0 spiro atoms. The minimum absolute atomic E-state index is 0.128. The average Bonchev–Trinajstić information content (AvgIpc) is 2.88. The summed E-state index contributed by atoms with van der Waals surface area (Å²) in [6.45, 7) is 3.00. The molecule has 7 heteroatoms. The van der Waals surface area contributed by atoms with E-state index in [0.717, 1.165) is 22.6 Å². The molecule has 35 heavy (non-hydrogen) atoms. The standard InChI is InChI=1S/C28H28N2O4S/c1-4-34-23-12-10-20(16-24(23)33-3)17-26-28(32)30(2)22-18-21(11-13-25(22)35-26)27(31)29-15-14-19-8-6-5-7-9-19/h5-13,16-18H,4,14-15H2,1-3H3,(H,29,31)/b26-17+. The molecule has 0 bridgehead atoms. The molecule has 0 aromatic heterocycles. The van der Waals surface area contributed by atoms with E-state index in [1.165, 1.54) is 17.3 Å². The monoisotopic (exact) mass is 488 g/mol. The molecule has 2 amide bonds. The van der Waals surface area contributed by atoms with Crippen molar-refractivity contribution in [1.29, 1.82) is 0 Å². The van der Waals surface area contributed by atoms with Gasteiger partial charge in [-0.2, -0.15) is 0 Å². The zero-order valence-corrected chi connectivity index (χ0v) is 20.9. The highest BCUT2D eigenvalue weighted by atomic mass is 32.2. The van der Waals surface area contributed by atoms with Crippen LogP contribution in [0.4, 0.5) is 5.69 Å². The van der Waals surface area contributed by atoms with Gasteiger partial charge in [0, 0.05) is 24.1 Å². The Kier molecular flexibility index (Phi) is 7.77. The molecule has 0 fully saturated rings. The van der Waals surface area contributed by atoms with Crippen molar-refractivity contribution in [2.45, 2.75) is 18.2 Å². The molecule has 0 radical (unpaired) electrons. The third-order valence-electron chi connectivity index (χ3n) is 5.65. The number of thioether (sulfide) groups is 1. The summed E-state index contributed by atoms with van der Waals surface area (Å²) in [5, 5.41) is 2.96. The second kappa shape index (κ2) is 11.1. The summed E-state index contributed by atoms with van der Waals surface area (Å²) in [5.74, 6) is 0.998. The van der Waals surface area contributed by atoms with Crippen molar-refractivity contribution < 1.29 is 19.1 Å². The van der Waals surface area contributed by atoms with Crippen LogP contribution < -0.4 is 19.7 Å². The van der Waals surface area contributed by atoms with E-state index in [9.17, 15) is 9.59 Å². The smallest absolute Gasteiger partial charge is 0.264 e. The van der Waals surface area contributed by atoms with Gasteiger partial charge >= 0.3 is 0 Å². The van der Waals surface area contributed by atoms with Gasteiger partial charge in [0.1, 0.15) is 0 Å². The quantitative estimate of drug-likeness (QED) is 0.443. The fourth-order valence-electron chi connectivity index (χ4n) is 3.80. The number of fused-ring (bicyclic) bond motifs is 1. The highest BCUT2D eigenvalue weighted by Gasteiger charge is 2.27. The molecule has 6 nitrogen and oxygen atoms in total. The van der Waals surface area contributed by atoms with Gasteiger partial charge in [-0.15, -0.1) is 0 Å². The lowest BCUT2D eigenvalue weighted by atomic mass is 10.1. The van der Waals surface area contributed by atoms with Crippen LogP contribution in [0.25, 0.3) is 6.08 Å². The van der Waals surface area contributed by atoms with Crippen LogP contribution in [-0.4, -0.2) is 39.1 Å². The zero-order valence-electron chi connectivity index (χ0n) is 20.0. The first-order chi connectivity index (χ1) is 17.0. The van der Waals surface area contributed by atoms with Crippen LogP contribution in [0.3, 0.4) is 0 Å². The van der Waals surface area contributed by atoms with Gasteiger partial charge in [0.2, 0.25) is 0 Å². The van der Waals surface area contributed by atoms with E-state index >= 15 is 0 Å². The van der Waals surface area contributed by atoms with Crippen LogP contribution in [0.15, 0.2) is 76.5 Å². The third kappa shape index (κ3) is 5.69. The van der Waals surface area contributed by atoms with E-state index in [2.05, 4.69) is 5.32 Å². The van der Waals surface area contributed by atoms with Gasteiger partial charge < -0.3 is 19.7 Å². The number of carbonyl (C=O) groups is 2. The first-order valence-electron chi connectivity index (χ1n) is 11.4. The van der Waals surface area contributed by atoms with E-state index < -0.39 is 0 Å². The number of amides is 2. The van der Waals surface area contributed by atoms with Crippen LogP contribution >= 0.6 is 11.8 Å². The number of methoxy groups -OCH3 is 1. The lowest BCUT2D eigenvalue weighted by Gasteiger charge is -2.27. The van der Waals surface area contributed by atoms with Gasteiger partial charge in [-0.25, -0.2) is 0 Å². The fourth-order valence-corrected chi connectivity index (χ4v) is 4.89. The Labute approximate surface area is 209 Å². The molecule has 0 saturated carbocycles. The summed E-state index contributed by atoms with van der Waals surface area (Å²) in [6.07, 6.45) is 2.60. The number of anilines is 1. The summed E-state index contributed by atoms with van der Waals surface area (Å²) in [7, 11) is 3.32. The number of rotatable bonds is 8. The van der Waals surface area contributed by atoms with E-state index in [1.807, 2.05) is 67.6 Å². The van der Waals surface area contributed by atoms with Crippen molar-refractivity contribution in [3.8, 4) is 11.5 Å². The van der Waals surface area contributed by atoms with Gasteiger partial charge in [0.05, 0.1) is 24.3 Å². The molecule has 1 aliphatic rings. The molecular formula is C28H28N2O4S. The van der Waals surface area contributed by atoms with Gasteiger partial charge in [-0.3, -0.25) is 9.59 Å². The molecule has 180 valence electrons. The second-order valence-electron chi connectivity index (χ2n) is 7.99. The van der Waals surface area contributed by atoms with E-state index in [4.69, 9.17) is 9.47 Å². The maximum Gasteiger partial charge on any atom is 0.264 e. The molecule has 0 aliphatic carbocycles. The summed E-state index contributed by atoms with van der Waals surface area (Å²) in [6, 6.07) is 21.1. The van der Waals surface area contributed by atoms with Gasteiger partial charge in [-0.05, 0) is 60.9 Å². The minimum Gasteiger partial charge on any atom is -0.493 e. The molecule has 3 aromatic carbocycles. The predicted octanol–water partition coefficient (Wildman–Crippen LogP) is 5.18. The van der Waals surface area contributed by atoms with Gasteiger partial charge in [0.25, 0.3) is 11.8 Å². The third-order valence-corrected chi connectivity index (χ3v) is 6.72. The predicted molar refractivity (Wildman–Crippen MR) is 140 cm³/mol. The summed E-state index contributed by atoms with van der Waals surface area (Å²) in [4.78, 5) is 28.9. The maximum atomic E-state index is 13.1. The first kappa shape index (κ1) is 24.4. The number of nitrogens with zero attached hydrogens (tertiary/aromatic N) is 1. The van der Waals surface area contributed by atoms with E-state index in [-0.39, 0.29) is 11.8 Å². The van der Waals surface area contributed by atoms with E-state index in [0.29, 0.717) is 35.1 Å². The van der Waals surface area contributed by atoms with Crippen LogP contribution in [0.5, 0.6) is 11.5 Å². The van der Waals surface area contributed by atoms with Gasteiger partial charge in [0.15, 0.2) is 11.5 Å². The SMILES string of the molecule is CCOc1ccc(/C=C2/Sc3ccc(C(=O)NCCc4ccccc4)cc3N(C)C2=O)cc1OC. The Morgan fingerprint density at radius 2 is 1.86 bits per heavy atom. The zero-order chi connectivity index (χ0) is 24.8. The topological polar surface area (TPSA) is 67.9 Å². The lowest BCUT2D eigenvalue weighted by molar-refractivity contribution is -0.114. The summed E-state index contributed by atoms with van der Waals surface area (Å²) in [5.41, 5.74) is 3.26. The number of benzene rings is 3. The lowest BCUT2D eigenvalue weighted by Crippen LogP contribution is -2.31. The molecule has 0 unspecified atom stereocenters. The number of hydrogen-bond acceptors (Lipinski definition) is 5. The number of hydrogen-bond donors (Lipinski definition) is 1. The number of carbonyl (C=O) groups excluding carboxylic acids is 2. The van der Waals surface area contributed by atoms with Crippen molar-refractivity contribution in [1.82, 2.24) is 5.32 Å². The van der Waals surface area contributed by atoms with Crippen molar-refractivity contribution in [3.05, 3.63) is 88.3 Å². The molecule has 1 N–H and O–H groups in total. The second-order valence-corrected chi connectivity index (χ2v) is 9.08. The maximum absolute atomic E-state index is 13.1. The highest BCUT2D eigenvalue weighted by molar-refractivity contribution is 8.04. The normalized spacial score (nSPS) is 14.0. The molecule has 0 saturated heterocycles. The number of likely N-dealkylation sites (N-methyl/N-ethyl adjacent to an activating group) is 1. The largest absolute Gasteiger partial charge is 0.493 e. The Balaban J connectivity index is 1.49. The van der Waals surface area contributed by atoms with E-state index in [1.54, 1.807) is 31.2 Å². The fraction of sp³-hybridized carbons (Fsp3) is 0.214. The summed E-state index contributed by atoms with van der Waals surface area (Å²) < 4.78 is 11.0. The van der Waals surface area contributed by atoms with Crippen molar-refractivity contribution >= 4 is 35.3 Å². The van der Waals surface area contributed by atoms with Gasteiger partial charge in [-0.1, -0.05) is 48.2 Å². The molecule has 1 heterocycles. The number of ether oxygens (including phenoxy) is 2.